The molecule has 0 spiro atoms. The van der Waals surface area contributed by atoms with Crippen LogP contribution in [-0.4, -0.2) is 49.9 Å². The molecule has 1 saturated heterocycles. The van der Waals surface area contributed by atoms with Gasteiger partial charge in [-0.1, -0.05) is 72.8 Å². The topological polar surface area (TPSA) is 173 Å². The molecule has 7 aromatic rings. The van der Waals surface area contributed by atoms with E-state index < -0.39 is 61.7 Å². The number of nitrogens with two attached hydrogens (primary N) is 1. The van der Waals surface area contributed by atoms with Crippen LogP contribution in [0, 0.1) is 17.6 Å². The molecule has 17 heteroatoms. The van der Waals surface area contributed by atoms with E-state index in [0.717, 1.165) is 11.1 Å². The number of nitrogens with one attached hydrogen (secondary N) is 1. The van der Waals surface area contributed by atoms with E-state index in [1.54, 1.807) is 65.2 Å². The number of halogens is 2. The van der Waals surface area contributed by atoms with Gasteiger partial charge in [0.1, 0.15) is 60.1 Å². The molecule has 1 unspecified atom stereocenters. The standard InChI is InChI=1S/C49H48F2N7O7P/c1-32(27-57-30-55-44-46(52)53-29-54-47(44)57)63-31-66(61,65-41-11-7-4-8-12-41)56-33(2)49(60)64-43(35-13-17-37(50)18-14-35)26-25-42-45(58(48(42)59)39-21-19-38(51)20-22-39)36-15-23-40(24-16-36)62-28-34-9-5-3-6-10-34/h3-24,29-30,32-33,42-43,45H,25-28,31H2,1-2H3,(H,56,61)(H2,52,53,54)/t32-,33+,42-,43+,45-,66?/m1/s1. The Morgan fingerprint density at radius 1 is 0.833 bits per heavy atom. The van der Waals surface area contributed by atoms with Gasteiger partial charge in [-0.2, -0.15) is 0 Å². The number of esters is 1. The highest BCUT2D eigenvalue weighted by atomic mass is 31.2. The number of β-lactam (4-membered cyclic amide) rings is 1. The first-order valence-electron chi connectivity index (χ1n) is 21.4. The van der Waals surface area contributed by atoms with E-state index in [1.165, 1.54) is 49.6 Å². The van der Waals surface area contributed by atoms with Crippen LogP contribution in [0.4, 0.5) is 20.3 Å². The smallest absolute Gasteiger partial charge is 0.342 e. The van der Waals surface area contributed by atoms with Gasteiger partial charge in [0.15, 0.2) is 11.5 Å². The van der Waals surface area contributed by atoms with Crippen molar-refractivity contribution >= 4 is 42.1 Å². The predicted octanol–water partition coefficient (Wildman–Crippen LogP) is 9.35. The quantitative estimate of drug-likeness (QED) is 0.0422. The van der Waals surface area contributed by atoms with Crippen LogP contribution in [0.1, 0.15) is 55.5 Å². The number of benzene rings is 5. The summed E-state index contributed by atoms with van der Waals surface area (Å²) < 4.78 is 68.8. The number of hydrogen-bond acceptors (Lipinski definition) is 11. The Kier molecular flexibility index (Phi) is 14.1. The lowest BCUT2D eigenvalue weighted by atomic mass is 9.78. The van der Waals surface area contributed by atoms with E-state index in [9.17, 15) is 22.9 Å². The largest absolute Gasteiger partial charge is 0.489 e. The van der Waals surface area contributed by atoms with Crippen LogP contribution in [0.15, 0.2) is 146 Å². The Balaban J connectivity index is 0.972. The number of imidazole rings is 1. The van der Waals surface area contributed by atoms with Gasteiger partial charge < -0.3 is 33.9 Å². The number of carbonyl (C=O) groups is 2. The SMILES string of the molecule is C[C@H](Cn1cnc2c(N)ncnc21)OCP(=O)(N[C@@H](C)C(=O)O[C@@H](CC[C@H]1C(=O)N(c2ccc(F)cc2)[C@@H]1c1ccc(OCc2ccccc2)cc1)c1ccc(F)cc1)Oc1ccccc1. The van der Waals surface area contributed by atoms with Crippen molar-refractivity contribution in [1.82, 2.24) is 24.6 Å². The minimum atomic E-state index is -3.99. The monoisotopic (exact) mass is 915 g/mol. The van der Waals surface area contributed by atoms with E-state index >= 15 is 0 Å². The summed E-state index contributed by atoms with van der Waals surface area (Å²) in [4.78, 5) is 42.2. The van der Waals surface area contributed by atoms with Gasteiger partial charge in [0.2, 0.25) is 5.91 Å². The van der Waals surface area contributed by atoms with Gasteiger partial charge >= 0.3 is 13.5 Å². The van der Waals surface area contributed by atoms with Crippen molar-refractivity contribution < 1.29 is 41.7 Å². The van der Waals surface area contributed by atoms with Gasteiger partial charge in [-0.3, -0.25) is 14.2 Å². The Hall–Kier alpha value is -7.00. The molecule has 14 nitrogen and oxygen atoms in total. The number of para-hydroxylation sites is 1. The Morgan fingerprint density at radius 2 is 1.50 bits per heavy atom. The summed E-state index contributed by atoms with van der Waals surface area (Å²) in [5, 5.41) is 2.85. The van der Waals surface area contributed by atoms with Crippen molar-refractivity contribution in [3.63, 3.8) is 0 Å². The zero-order valence-electron chi connectivity index (χ0n) is 36.2. The molecule has 1 aliphatic rings. The third kappa shape index (κ3) is 10.9. The van der Waals surface area contributed by atoms with Crippen LogP contribution in [-0.2, 0) is 36.8 Å². The maximum Gasteiger partial charge on any atom is 0.342 e. The number of hydrogen-bond donors (Lipinski definition) is 2. The van der Waals surface area contributed by atoms with Crippen LogP contribution in [0.5, 0.6) is 11.5 Å². The number of carbonyl (C=O) groups excluding carboxylic acids is 2. The molecule has 8 rings (SSSR count). The average molecular weight is 916 g/mol. The van der Waals surface area contributed by atoms with Gasteiger partial charge in [-0.25, -0.2) is 28.8 Å². The van der Waals surface area contributed by atoms with E-state index in [4.69, 9.17) is 24.5 Å². The lowest BCUT2D eigenvalue weighted by Gasteiger charge is -2.48. The molecule has 3 N–H and O–H groups in total. The normalized spacial score (nSPS) is 17.0. The lowest BCUT2D eigenvalue weighted by molar-refractivity contribution is -0.151. The molecule has 66 heavy (non-hydrogen) atoms. The van der Waals surface area contributed by atoms with E-state index in [2.05, 4.69) is 20.0 Å². The van der Waals surface area contributed by atoms with Crippen molar-refractivity contribution in [2.24, 2.45) is 5.92 Å². The summed E-state index contributed by atoms with van der Waals surface area (Å²) >= 11 is 0. The molecule has 1 fully saturated rings. The third-order valence-corrected chi connectivity index (χ3v) is 13.0. The van der Waals surface area contributed by atoms with Crippen LogP contribution in [0.3, 0.4) is 0 Å². The molecular formula is C49H48F2N7O7P. The molecular weight excluding hydrogens is 868 g/mol. The van der Waals surface area contributed by atoms with Crippen LogP contribution >= 0.6 is 7.52 Å². The summed E-state index contributed by atoms with van der Waals surface area (Å²) in [6, 6.07) is 35.4. The van der Waals surface area contributed by atoms with Gasteiger partial charge in [0.25, 0.3) is 0 Å². The molecule has 0 radical (unpaired) electrons. The van der Waals surface area contributed by atoms with E-state index in [0.29, 0.717) is 34.8 Å². The van der Waals surface area contributed by atoms with Gasteiger partial charge in [0, 0.05) is 5.69 Å². The maximum absolute atomic E-state index is 14.6. The summed E-state index contributed by atoms with van der Waals surface area (Å²) in [5.74, 6) is -1.27. The number of nitrogens with zero attached hydrogens (tertiary/aromatic N) is 5. The van der Waals surface area contributed by atoms with E-state index in [1.807, 2.05) is 54.6 Å². The Morgan fingerprint density at radius 3 is 2.20 bits per heavy atom. The molecule has 340 valence electrons. The Labute approximate surface area is 380 Å². The molecule has 0 aliphatic carbocycles. The Bertz CT molecular complexity index is 2790. The second-order valence-corrected chi connectivity index (χ2v) is 18.0. The average Bonchev–Trinajstić information content (AvgIpc) is 3.74. The second kappa shape index (κ2) is 20.4. The summed E-state index contributed by atoms with van der Waals surface area (Å²) in [6.45, 7) is 3.93. The molecule has 0 bridgehead atoms. The molecule has 3 heterocycles. The van der Waals surface area contributed by atoms with E-state index in [-0.39, 0.29) is 36.9 Å². The summed E-state index contributed by atoms with van der Waals surface area (Å²) in [6.07, 6.45) is 1.45. The number of anilines is 2. The molecule has 1 aliphatic heterocycles. The van der Waals surface area contributed by atoms with Crippen molar-refractivity contribution in [2.45, 2.75) is 64.1 Å². The fourth-order valence-electron chi connectivity index (χ4n) is 7.82. The zero-order chi connectivity index (χ0) is 46.2. The number of ether oxygens (including phenoxy) is 3. The zero-order valence-corrected chi connectivity index (χ0v) is 37.0. The highest BCUT2D eigenvalue weighted by molar-refractivity contribution is 7.57. The van der Waals surface area contributed by atoms with Gasteiger partial charge in [0.05, 0.1) is 30.9 Å². The highest BCUT2D eigenvalue weighted by Crippen LogP contribution is 2.48. The lowest BCUT2D eigenvalue weighted by Crippen LogP contribution is -2.55. The molecule has 2 aromatic heterocycles. The molecule has 5 aromatic carbocycles. The van der Waals surface area contributed by atoms with Crippen molar-refractivity contribution in [2.75, 3.05) is 17.0 Å². The first-order valence-corrected chi connectivity index (χ1v) is 23.2. The molecule has 1 amide bonds. The van der Waals surface area contributed by atoms with Crippen molar-refractivity contribution in [3.05, 3.63) is 174 Å². The number of aromatic nitrogens is 4. The van der Waals surface area contributed by atoms with Crippen molar-refractivity contribution in [3.8, 4) is 11.5 Å². The highest BCUT2D eigenvalue weighted by Gasteiger charge is 2.49. The van der Waals surface area contributed by atoms with Crippen LogP contribution in [0.2, 0.25) is 0 Å². The van der Waals surface area contributed by atoms with Crippen LogP contribution in [0.25, 0.3) is 11.2 Å². The van der Waals surface area contributed by atoms with Crippen LogP contribution < -0.4 is 25.0 Å². The fourth-order valence-corrected chi connectivity index (χ4v) is 9.61. The van der Waals surface area contributed by atoms with Crippen molar-refractivity contribution in [1.29, 1.82) is 0 Å². The minimum absolute atomic E-state index is 0.171. The van der Waals surface area contributed by atoms with Gasteiger partial charge in [-0.15, -0.1) is 0 Å². The number of rotatable bonds is 20. The molecule has 0 saturated carbocycles. The maximum atomic E-state index is 14.6. The number of nitrogen functional groups attached to an aromatic ring is 1. The van der Waals surface area contributed by atoms with Gasteiger partial charge in [-0.05, 0) is 104 Å². The minimum Gasteiger partial charge on any atom is -0.489 e. The third-order valence-electron chi connectivity index (χ3n) is 11.2. The fraction of sp³-hybridized carbons (Fsp3) is 0.245. The summed E-state index contributed by atoms with van der Waals surface area (Å²) in [5.41, 5.74) is 9.77. The second-order valence-electron chi connectivity index (χ2n) is 16.0. The number of fused-ring (bicyclic) bond motifs is 1. The summed E-state index contributed by atoms with van der Waals surface area (Å²) in [7, 11) is -3.99. The number of amides is 1. The predicted molar refractivity (Wildman–Crippen MR) is 244 cm³/mol. The first kappa shape index (κ1) is 45.6. The molecule has 6 atom stereocenters. The first-order chi connectivity index (χ1) is 31.9.